The first kappa shape index (κ1) is 10.7. The summed E-state index contributed by atoms with van der Waals surface area (Å²) in [5.41, 5.74) is 2.14. The van der Waals surface area contributed by atoms with Crippen LogP contribution >= 0.6 is 0 Å². The van der Waals surface area contributed by atoms with Gasteiger partial charge in [0.05, 0.1) is 11.3 Å². The summed E-state index contributed by atoms with van der Waals surface area (Å²) in [5, 5.41) is 0. The predicted octanol–water partition coefficient (Wildman–Crippen LogP) is 1.26. The van der Waals surface area contributed by atoms with Gasteiger partial charge in [0.2, 0.25) is 11.6 Å². The number of aryl methyl sites for hydroxylation is 2. The number of rotatable bonds is 0. The van der Waals surface area contributed by atoms with Gasteiger partial charge in [0, 0.05) is 12.4 Å². The monoisotopic (exact) mass is 239 g/mol. The summed E-state index contributed by atoms with van der Waals surface area (Å²) >= 11 is 0. The number of carbonyl (C=O) groups excluding carboxylic acids is 2. The largest absolute Gasteiger partial charge is 0.287 e. The highest BCUT2D eigenvalue weighted by molar-refractivity contribution is 6.26. The van der Waals surface area contributed by atoms with Crippen LogP contribution in [0.25, 0.3) is 0 Å². The molecule has 0 N–H and O–H groups in total. The molecule has 1 aliphatic rings. The van der Waals surface area contributed by atoms with Gasteiger partial charge in [-0.15, -0.1) is 0 Å². The third-order valence-corrected chi connectivity index (χ3v) is 2.81. The SMILES string of the molecule is Cc1cnc2c(c1)C(=O)c1nc(C)cnc1C2=O. The lowest BCUT2D eigenvalue weighted by molar-refractivity contribution is 0.0967. The second-order valence-corrected chi connectivity index (χ2v) is 4.28. The van der Waals surface area contributed by atoms with E-state index in [2.05, 4.69) is 15.0 Å². The molecule has 0 fully saturated rings. The maximum Gasteiger partial charge on any atom is 0.232 e. The summed E-state index contributed by atoms with van der Waals surface area (Å²) in [6.45, 7) is 3.55. The van der Waals surface area contributed by atoms with Crippen molar-refractivity contribution in [3.8, 4) is 0 Å². The molecule has 0 unspecified atom stereocenters. The van der Waals surface area contributed by atoms with E-state index in [1.165, 1.54) is 6.20 Å². The van der Waals surface area contributed by atoms with Gasteiger partial charge in [-0.2, -0.15) is 0 Å². The van der Waals surface area contributed by atoms with E-state index in [-0.39, 0.29) is 28.6 Å². The highest BCUT2D eigenvalue weighted by Crippen LogP contribution is 2.23. The van der Waals surface area contributed by atoms with Gasteiger partial charge in [0.15, 0.2) is 0 Å². The molecule has 0 radical (unpaired) electrons. The van der Waals surface area contributed by atoms with Crippen molar-refractivity contribution >= 4 is 11.6 Å². The van der Waals surface area contributed by atoms with Crippen LogP contribution in [-0.4, -0.2) is 26.5 Å². The molecule has 5 heteroatoms. The van der Waals surface area contributed by atoms with Crippen LogP contribution in [0.5, 0.6) is 0 Å². The first-order chi connectivity index (χ1) is 8.58. The van der Waals surface area contributed by atoms with Crippen molar-refractivity contribution in [3.05, 3.63) is 52.4 Å². The number of fused-ring (bicyclic) bond motifs is 2. The van der Waals surface area contributed by atoms with Crippen molar-refractivity contribution in [2.75, 3.05) is 0 Å². The van der Waals surface area contributed by atoms with Crippen LogP contribution < -0.4 is 0 Å². The lowest BCUT2D eigenvalue weighted by Gasteiger charge is -2.15. The molecule has 2 aromatic rings. The smallest absolute Gasteiger partial charge is 0.232 e. The van der Waals surface area contributed by atoms with E-state index < -0.39 is 0 Å². The van der Waals surface area contributed by atoms with E-state index >= 15 is 0 Å². The molecule has 3 rings (SSSR count). The fourth-order valence-corrected chi connectivity index (χ4v) is 1.96. The standard InChI is InChI=1S/C13H9N3O2/c1-6-3-8-9(14-4-6)13(18)10-11(12(8)17)16-7(2)5-15-10/h3-5H,1-2H3. The van der Waals surface area contributed by atoms with Gasteiger partial charge in [-0.25, -0.2) is 9.97 Å². The Morgan fingerprint density at radius 3 is 2.39 bits per heavy atom. The minimum absolute atomic E-state index is 0.0921. The van der Waals surface area contributed by atoms with E-state index in [0.717, 1.165) is 5.56 Å². The molecule has 0 saturated heterocycles. The van der Waals surface area contributed by atoms with Crippen molar-refractivity contribution in [1.29, 1.82) is 0 Å². The zero-order valence-corrected chi connectivity index (χ0v) is 9.89. The van der Waals surface area contributed by atoms with E-state index in [1.54, 1.807) is 19.2 Å². The molecule has 0 atom stereocenters. The fourth-order valence-electron chi connectivity index (χ4n) is 1.96. The van der Waals surface area contributed by atoms with Gasteiger partial charge in [-0.05, 0) is 25.5 Å². The predicted molar refractivity (Wildman–Crippen MR) is 62.6 cm³/mol. The van der Waals surface area contributed by atoms with Gasteiger partial charge in [0.25, 0.3) is 0 Å². The Morgan fingerprint density at radius 2 is 1.61 bits per heavy atom. The van der Waals surface area contributed by atoms with Gasteiger partial charge in [0.1, 0.15) is 17.1 Å². The lowest BCUT2D eigenvalue weighted by atomic mass is 9.93. The number of ketones is 2. The van der Waals surface area contributed by atoms with Crippen LogP contribution in [0.4, 0.5) is 0 Å². The molecule has 1 aliphatic carbocycles. The molecular weight excluding hydrogens is 230 g/mol. The van der Waals surface area contributed by atoms with E-state index in [0.29, 0.717) is 11.3 Å². The molecule has 2 aromatic heterocycles. The number of pyridine rings is 1. The first-order valence-electron chi connectivity index (χ1n) is 5.47. The van der Waals surface area contributed by atoms with Crippen molar-refractivity contribution < 1.29 is 9.59 Å². The summed E-state index contributed by atoms with van der Waals surface area (Å²) in [5.74, 6) is -0.626. The molecule has 0 amide bonds. The Hall–Kier alpha value is -2.43. The fraction of sp³-hybridized carbons (Fsp3) is 0.154. The maximum atomic E-state index is 12.3. The van der Waals surface area contributed by atoms with Crippen molar-refractivity contribution in [2.24, 2.45) is 0 Å². The Kier molecular flexibility index (Phi) is 2.10. The summed E-state index contributed by atoms with van der Waals surface area (Å²) in [6.07, 6.45) is 3.04. The Balaban J connectivity index is 2.32. The molecule has 0 spiro atoms. The summed E-state index contributed by atoms with van der Waals surface area (Å²) in [7, 11) is 0. The zero-order valence-electron chi connectivity index (χ0n) is 9.89. The average Bonchev–Trinajstić information content (AvgIpc) is 2.35. The number of carbonyl (C=O) groups is 2. The van der Waals surface area contributed by atoms with Gasteiger partial charge in [-0.1, -0.05) is 0 Å². The zero-order chi connectivity index (χ0) is 12.9. The topological polar surface area (TPSA) is 72.8 Å². The number of nitrogens with zero attached hydrogens (tertiary/aromatic N) is 3. The molecule has 0 aromatic carbocycles. The minimum Gasteiger partial charge on any atom is -0.287 e. The van der Waals surface area contributed by atoms with Crippen molar-refractivity contribution in [1.82, 2.24) is 15.0 Å². The molecule has 0 bridgehead atoms. The van der Waals surface area contributed by atoms with Crippen LogP contribution in [0.2, 0.25) is 0 Å². The van der Waals surface area contributed by atoms with Crippen LogP contribution in [-0.2, 0) is 0 Å². The number of aromatic nitrogens is 3. The average molecular weight is 239 g/mol. The Bertz CT molecular complexity index is 650. The second-order valence-electron chi connectivity index (χ2n) is 4.28. The van der Waals surface area contributed by atoms with Gasteiger partial charge in [-0.3, -0.25) is 14.6 Å². The third kappa shape index (κ3) is 1.37. The van der Waals surface area contributed by atoms with E-state index in [4.69, 9.17) is 0 Å². The quantitative estimate of drug-likeness (QED) is 0.590. The Labute approximate surface area is 103 Å². The van der Waals surface area contributed by atoms with E-state index in [9.17, 15) is 9.59 Å². The van der Waals surface area contributed by atoms with Crippen LogP contribution in [0.1, 0.15) is 43.5 Å². The second kappa shape index (κ2) is 3.53. The molecule has 18 heavy (non-hydrogen) atoms. The molecule has 5 nitrogen and oxygen atoms in total. The molecule has 2 heterocycles. The highest BCUT2D eigenvalue weighted by atomic mass is 16.1. The van der Waals surface area contributed by atoms with Crippen LogP contribution in [0.15, 0.2) is 18.5 Å². The normalized spacial score (nSPS) is 13.2. The van der Waals surface area contributed by atoms with Crippen molar-refractivity contribution in [2.45, 2.75) is 13.8 Å². The van der Waals surface area contributed by atoms with Crippen molar-refractivity contribution in [3.63, 3.8) is 0 Å². The summed E-state index contributed by atoms with van der Waals surface area (Å²) in [6, 6.07) is 1.66. The molecule has 88 valence electrons. The molecule has 0 aliphatic heterocycles. The lowest BCUT2D eigenvalue weighted by Crippen LogP contribution is -2.25. The maximum absolute atomic E-state index is 12.3. The highest BCUT2D eigenvalue weighted by Gasteiger charge is 2.33. The van der Waals surface area contributed by atoms with Gasteiger partial charge < -0.3 is 0 Å². The van der Waals surface area contributed by atoms with E-state index in [1.807, 2.05) is 6.92 Å². The third-order valence-electron chi connectivity index (χ3n) is 2.81. The first-order valence-corrected chi connectivity index (χ1v) is 5.47. The summed E-state index contributed by atoms with van der Waals surface area (Å²) < 4.78 is 0. The Morgan fingerprint density at radius 1 is 0.889 bits per heavy atom. The molecular formula is C13H9N3O2. The van der Waals surface area contributed by atoms with Crippen LogP contribution in [0, 0.1) is 13.8 Å². The molecule has 0 saturated carbocycles. The summed E-state index contributed by atoms with van der Waals surface area (Å²) in [4.78, 5) is 36.6. The number of hydrogen-bond acceptors (Lipinski definition) is 5. The van der Waals surface area contributed by atoms with Gasteiger partial charge >= 0.3 is 0 Å². The van der Waals surface area contributed by atoms with Crippen LogP contribution in [0.3, 0.4) is 0 Å². The minimum atomic E-state index is -0.341. The number of hydrogen-bond donors (Lipinski definition) is 0.